The molecule has 0 radical (unpaired) electrons. The minimum atomic E-state index is -0.155. The predicted molar refractivity (Wildman–Crippen MR) is 141 cm³/mol. The van der Waals surface area contributed by atoms with Crippen LogP contribution in [-0.2, 0) is 10.8 Å². The number of thiazole rings is 2. The van der Waals surface area contributed by atoms with Gasteiger partial charge in [0.2, 0.25) is 0 Å². The van der Waals surface area contributed by atoms with Crippen molar-refractivity contribution >= 4 is 46.0 Å². The lowest BCUT2D eigenvalue weighted by Gasteiger charge is -2.35. The molecule has 2 fully saturated rings. The van der Waals surface area contributed by atoms with Crippen molar-refractivity contribution in [3.63, 3.8) is 0 Å². The lowest BCUT2D eigenvalue weighted by Crippen LogP contribution is -2.29. The van der Waals surface area contributed by atoms with Crippen LogP contribution in [0.2, 0.25) is 0 Å². The molecule has 0 aliphatic heterocycles. The lowest BCUT2D eigenvalue weighted by atomic mass is 9.68. The predicted octanol–water partition coefficient (Wildman–Crippen LogP) is 7.51. The molecule has 2 aromatic rings. The lowest BCUT2D eigenvalue weighted by molar-refractivity contribution is 0.366. The van der Waals surface area contributed by atoms with E-state index in [1.807, 2.05) is 12.1 Å². The third-order valence-corrected chi connectivity index (χ3v) is 10.3. The summed E-state index contributed by atoms with van der Waals surface area (Å²) >= 11 is 3.26. The zero-order valence-corrected chi connectivity index (χ0v) is 21.4. The molecule has 0 bridgehead atoms. The topological polar surface area (TPSA) is 82.1 Å². The third-order valence-electron chi connectivity index (χ3n) is 8.26. The van der Waals surface area contributed by atoms with Crippen LogP contribution in [0.4, 0.5) is 0 Å². The van der Waals surface area contributed by atoms with Crippen LogP contribution < -0.4 is 0 Å². The van der Waals surface area contributed by atoms with E-state index in [1.54, 1.807) is 34.8 Å². The number of nitrogens with zero attached hydrogens (tertiary/aromatic N) is 6. The Labute approximate surface area is 218 Å². The second-order valence-corrected chi connectivity index (χ2v) is 12.1. The Kier molecular flexibility index (Phi) is 5.42. The van der Waals surface area contributed by atoms with Gasteiger partial charge in [0.15, 0.2) is 0 Å². The van der Waals surface area contributed by atoms with Crippen molar-refractivity contribution in [2.24, 2.45) is 0 Å². The minimum Gasteiger partial charge on any atom is -0.241 e. The average Bonchev–Trinajstić information content (AvgIpc) is 3.63. The van der Waals surface area contributed by atoms with Gasteiger partial charge < -0.3 is 0 Å². The Hall–Kier alpha value is -3.56. The summed E-state index contributed by atoms with van der Waals surface area (Å²) < 4.78 is 0. The van der Waals surface area contributed by atoms with Crippen LogP contribution in [-0.4, -0.2) is 9.97 Å². The molecule has 0 aromatic carbocycles. The van der Waals surface area contributed by atoms with E-state index in [4.69, 9.17) is 23.1 Å². The first-order valence-corrected chi connectivity index (χ1v) is 14.0. The summed E-state index contributed by atoms with van der Waals surface area (Å²) in [4.78, 5) is 19.4. The highest BCUT2D eigenvalue weighted by atomic mass is 32.1. The molecule has 36 heavy (non-hydrogen) atoms. The highest BCUT2D eigenvalue weighted by Gasteiger charge is 2.60. The van der Waals surface area contributed by atoms with E-state index >= 15 is 0 Å². The van der Waals surface area contributed by atoms with Gasteiger partial charge in [-0.1, -0.05) is 38.5 Å². The molecule has 0 saturated heterocycles. The van der Waals surface area contributed by atoms with Crippen LogP contribution >= 0.6 is 22.7 Å². The fourth-order valence-electron chi connectivity index (χ4n) is 6.86. The van der Waals surface area contributed by atoms with Gasteiger partial charge >= 0.3 is 0 Å². The van der Waals surface area contributed by atoms with E-state index in [2.05, 4.69) is 9.69 Å². The molecule has 0 unspecified atom stereocenters. The highest BCUT2D eigenvalue weighted by molar-refractivity contribution is 7.15. The van der Waals surface area contributed by atoms with Crippen molar-refractivity contribution in [3.8, 4) is 12.1 Å². The van der Waals surface area contributed by atoms with Crippen LogP contribution in [0.5, 0.6) is 0 Å². The van der Waals surface area contributed by atoms with Gasteiger partial charge in [0.05, 0.1) is 46.4 Å². The first kappa shape index (κ1) is 22.9. The second-order valence-electron chi connectivity index (χ2n) is 10.0. The van der Waals surface area contributed by atoms with Crippen LogP contribution in [0.25, 0.3) is 33.0 Å². The van der Waals surface area contributed by atoms with Crippen LogP contribution in [0.3, 0.4) is 0 Å². The number of nitriles is 2. The van der Waals surface area contributed by atoms with Crippen molar-refractivity contribution in [1.29, 1.82) is 10.5 Å². The monoisotopic (exact) mass is 506 g/mol. The first-order valence-electron chi connectivity index (χ1n) is 12.4. The number of fused-ring (bicyclic) bond motifs is 8. The Morgan fingerprint density at radius 2 is 1.11 bits per heavy atom. The molecular weight excluding hydrogens is 484 g/mol. The van der Waals surface area contributed by atoms with E-state index in [0.29, 0.717) is 0 Å². The Morgan fingerprint density at radius 3 is 1.44 bits per heavy atom. The molecule has 0 amide bonds. The zero-order valence-electron chi connectivity index (χ0n) is 19.7. The molecule has 8 heteroatoms. The Morgan fingerprint density at radius 1 is 0.722 bits per heavy atom. The summed E-state index contributed by atoms with van der Waals surface area (Å²) in [7, 11) is 0. The smallest absolute Gasteiger partial charge is 0.241 e. The number of hydrogen-bond donors (Lipinski definition) is 0. The Balaban J connectivity index is 1.61. The van der Waals surface area contributed by atoms with Crippen LogP contribution in [0.15, 0.2) is 11.4 Å². The van der Waals surface area contributed by atoms with Crippen molar-refractivity contribution < 1.29 is 0 Å². The summed E-state index contributed by atoms with van der Waals surface area (Å²) in [5.74, 6) is 0. The number of hydrogen-bond acceptors (Lipinski definition) is 6. The molecule has 6 nitrogen and oxygen atoms in total. The first-order chi connectivity index (χ1) is 17.6. The van der Waals surface area contributed by atoms with Gasteiger partial charge in [-0.25, -0.2) is 30.2 Å². The van der Waals surface area contributed by atoms with Gasteiger partial charge in [-0.15, -0.1) is 22.7 Å². The molecular formula is C28H22N6S2. The molecule has 176 valence electrons. The highest BCUT2D eigenvalue weighted by Crippen LogP contribution is 2.70. The van der Waals surface area contributed by atoms with Gasteiger partial charge in [0, 0.05) is 10.8 Å². The van der Waals surface area contributed by atoms with Crippen molar-refractivity contribution in [3.05, 3.63) is 65.4 Å². The fraction of sp³-hybridized carbons (Fsp3) is 0.429. The van der Waals surface area contributed by atoms with E-state index in [0.717, 1.165) is 72.8 Å². The molecule has 4 aliphatic rings. The van der Waals surface area contributed by atoms with E-state index in [9.17, 15) is 10.5 Å². The Bertz CT molecular complexity index is 1390. The molecule has 6 rings (SSSR count). The summed E-state index contributed by atoms with van der Waals surface area (Å²) in [6, 6.07) is 3.97. The molecule has 2 heterocycles. The minimum absolute atomic E-state index is 0.0680. The maximum atomic E-state index is 9.33. The van der Waals surface area contributed by atoms with Crippen LogP contribution in [0, 0.1) is 35.8 Å². The van der Waals surface area contributed by atoms with Crippen LogP contribution in [0.1, 0.15) is 95.4 Å². The molecule has 0 N–H and O–H groups in total. The number of aromatic nitrogens is 2. The van der Waals surface area contributed by atoms with E-state index in [1.165, 1.54) is 33.7 Å². The number of allylic oxidation sites excluding steroid dienone is 4. The molecule has 2 saturated carbocycles. The maximum absolute atomic E-state index is 9.33. The standard InChI is InChI=1S/C28H22N6S2/c1-31-17(15-29)13-19-33-25-23(35-19)21-22(27(25)9-5-3-6-10-27)24-26(28(21)11-7-4-8-12-28)34-20(36-24)14-18(16-30)32-2/h13-14H,3-12H2/b17-13-,18-14+. The van der Waals surface area contributed by atoms with Crippen molar-refractivity contribution in [2.75, 3.05) is 0 Å². The molecule has 2 spiro atoms. The van der Waals surface area contributed by atoms with Gasteiger partial charge in [0.25, 0.3) is 11.4 Å². The van der Waals surface area contributed by atoms with E-state index in [-0.39, 0.29) is 22.2 Å². The molecule has 2 aromatic heterocycles. The van der Waals surface area contributed by atoms with E-state index < -0.39 is 0 Å². The maximum Gasteiger partial charge on any atom is 0.264 e. The fourth-order valence-corrected chi connectivity index (χ4v) is 9.37. The zero-order chi connectivity index (χ0) is 24.9. The summed E-state index contributed by atoms with van der Waals surface area (Å²) in [5.41, 5.74) is 4.93. The van der Waals surface area contributed by atoms with Gasteiger partial charge in [-0.05, 0) is 49.0 Å². The second kappa shape index (κ2) is 8.53. The number of rotatable bonds is 2. The third kappa shape index (κ3) is 3.09. The van der Waals surface area contributed by atoms with Crippen molar-refractivity contribution in [2.45, 2.75) is 75.0 Å². The quantitative estimate of drug-likeness (QED) is 0.312. The average molecular weight is 507 g/mol. The normalized spacial score (nSPS) is 21.3. The molecule has 0 atom stereocenters. The summed E-state index contributed by atoms with van der Waals surface area (Å²) in [6.07, 6.45) is 14.5. The van der Waals surface area contributed by atoms with Gasteiger partial charge in [0.1, 0.15) is 10.0 Å². The van der Waals surface area contributed by atoms with Crippen molar-refractivity contribution in [1.82, 2.24) is 9.97 Å². The summed E-state index contributed by atoms with van der Waals surface area (Å²) in [5, 5.41) is 20.1. The molecule has 4 aliphatic carbocycles. The van der Waals surface area contributed by atoms with Gasteiger partial charge in [-0.3, -0.25) is 0 Å². The largest absolute Gasteiger partial charge is 0.264 e. The SMILES string of the molecule is [C-]#[N+]/C(C#N)=C\c1nc2c(s1)C1=C(c3sc(/C=C(\C#N)[N+]#[C-])nc3C13CCCCC3)C21CCCCC1. The van der Waals surface area contributed by atoms with Gasteiger partial charge in [-0.2, -0.15) is 0 Å². The summed E-state index contributed by atoms with van der Waals surface area (Å²) in [6.45, 7) is 14.6.